The van der Waals surface area contributed by atoms with E-state index in [1.54, 1.807) is 12.1 Å². The van der Waals surface area contributed by atoms with Gasteiger partial charge in [-0.3, -0.25) is 0 Å². The van der Waals surface area contributed by atoms with Gasteiger partial charge in [-0.05, 0) is 29.7 Å². The van der Waals surface area contributed by atoms with Crippen LogP contribution in [0.4, 0.5) is 4.39 Å². The van der Waals surface area contributed by atoms with Gasteiger partial charge in [-0.15, -0.1) is 0 Å². The van der Waals surface area contributed by atoms with Crippen molar-refractivity contribution in [2.24, 2.45) is 0 Å². The Labute approximate surface area is 119 Å². The molecule has 0 amide bonds. The topological polar surface area (TPSA) is 32.3 Å². The molecule has 0 fully saturated rings. The van der Waals surface area contributed by atoms with Gasteiger partial charge in [-0.2, -0.15) is 0 Å². The number of aliphatic hydroxyl groups excluding tert-OH is 1. The van der Waals surface area contributed by atoms with Gasteiger partial charge in [0.05, 0.1) is 6.10 Å². The van der Waals surface area contributed by atoms with Crippen LogP contribution in [-0.4, -0.2) is 11.7 Å². The molecule has 2 N–H and O–H groups in total. The van der Waals surface area contributed by atoms with E-state index in [0.29, 0.717) is 6.54 Å². The van der Waals surface area contributed by atoms with Crippen molar-refractivity contribution in [3.63, 3.8) is 0 Å². The third-order valence-corrected chi connectivity index (χ3v) is 3.42. The lowest BCUT2D eigenvalue weighted by Crippen LogP contribution is -2.26. The summed E-state index contributed by atoms with van der Waals surface area (Å²) in [7, 11) is 0. The molecule has 2 nitrogen and oxygen atoms in total. The second kappa shape index (κ2) is 7.17. The predicted molar refractivity (Wildman–Crippen MR) is 78.8 cm³/mol. The van der Waals surface area contributed by atoms with Crippen molar-refractivity contribution in [1.82, 2.24) is 5.32 Å². The number of hydrogen-bond donors (Lipinski definition) is 2. The molecule has 0 bridgehead atoms. The highest BCUT2D eigenvalue weighted by Gasteiger charge is 2.12. The lowest BCUT2D eigenvalue weighted by Gasteiger charge is -2.20. The summed E-state index contributed by atoms with van der Waals surface area (Å²) >= 11 is 0. The van der Waals surface area contributed by atoms with Crippen molar-refractivity contribution in [2.45, 2.75) is 25.5 Å². The van der Waals surface area contributed by atoms with E-state index < -0.39 is 6.10 Å². The number of hydrogen-bond acceptors (Lipinski definition) is 2. The van der Waals surface area contributed by atoms with E-state index in [2.05, 4.69) is 24.4 Å². The Hall–Kier alpha value is -1.71. The van der Waals surface area contributed by atoms with E-state index >= 15 is 0 Å². The normalized spacial score (nSPS) is 13.9. The highest BCUT2D eigenvalue weighted by atomic mass is 19.1. The molecule has 0 heterocycles. The Morgan fingerprint density at radius 2 is 1.65 bits per heavy atom. The van der Waals surface area contributed by atoms with Gasteiger partial charge in [-0.1, -0.05) is 49.4 Å². The zero-order valence-corrected chi connectivity index (χ0v) is 11.6. The van der Waals surface area contributed by atoms with Crippen LogP contribution in [-0.2, 0) is 0 Å². The highest BCUT2D eigenvalue weighted by Crippen LogP contribution is 2.18. The molecule has 106 valence electrons. The van der Waals surface area contributed by atoms with Gasteiger partial charge in [0.25, 0.3) is 0 Å². The summed E-state index contributed by atoms with van der Waals surface area (Å²) < 4.78 is 12.8. The molecule has 0 aliphatic rings. The van der Waals surface area contributed by atoms with Gasteiger partial charge in [0, 0.05) is 12.6 Å². The maximum absolute atomic E-state index is 12.8. The van der Waals surface area contributed by atoms with E-state index in [-0.39, 0.29) is 11.9 Å². The number of halogens is 1. The first-order valence-electron chi connectivity index (χ1n) is 6.92. The average Bonchev–Trinajstić information content (AvgIpc) is 2.49. The van der Waals surface area contributed by atoms with E-state index in [0.717, 1.165) is 12.0 Å². The zero-order valence-electron chi connectivity index (χ0n) is 11.6. The molecule has 0 spiro atoms. The van der Waals surface area contributed by atoms with Crippen molar-refractivity contribution in [1.29, 1.82) is 0 Å². The van der Waals surface area contributed by atoms with Crippen LogP contribution in [0.3, 0.4) is 0 Å². The van der Waals surface area contributed by atoms with Gasteiger partial charge in [0.1, 0.15) is 5.82 Å². The molecule has 2 rings (SSSR count). The Bertz CT molecular complexity index is 512. The van der Waals surface area contributed by atoms with Crippen LogP contribution in [0.25, 0.3) is 0 Å². The molecule has 1 unspecified atom stereocenters. The molecule has 0 saturated heterocycles. The van der Waals surface area contributed by atoms with Crippen molar-refractivity contribution in [2.75, 3.05) is 6.54 Å². The summed E-state index contributed by atoms with van der Waals surface area (Å²) in [4.78, 5) is 0. The molecule has 0 radical (unpaired) electrons. The molecule has 3 heteroatoms. The molecule has 2 aromatic carbocycles. The van der Waals surface area contributed by atoms with E-state index in [9.17, 15) is 9.50 Å². The number of rotatable bonds is 6. The Kier molecular flexibility index (Phi) is 5.27. The average molecular weight is 273 g/mol. The molecule has 0 aliphatic carbocycles. The quantitative estimate of drug-likeness (QED) is 0.843. The lowest BCUT2D eigenvalue weighted by atomic mass is 10.0. The summed E-state index contributed by atoms with van der Waals surface area (Å²) in [5.74, 6) is -0.287. The van der Waals surface area contributed by atoms with Crippen molar-refractivity contribution in [3.05, 3.63) is 71.5 Å². The number of aliphatic hydroxyl groups is 1. The summed E-state index contributed by atoms with van der Waals surface area (Å²) in [6.45, 7) is 2.55. The first-order valence-corrected chi connectivity index (χ1v) is 6.92. The standard InChI is InChI=1S/C17H20FNO/c1-2-16(13-6-4-3-5-7-13)19-12-17(20)14-8-10-15(18)11-9-14/h3-11,16-17,19-20H,2,12H2,1H3/t16-,17?/m1/s1. The maximum Gasteiger partial charge on any atom is 0.123 e. The maximum atomic E-state index is 12.8. The highest BCUT2D eigenvalue weighted by molar-refractivity contribution is 5.20. The number of nitrogens with one attached hydrogen (secondary N) is 1. The molecule has 0 aromatic heterocycles. The summed E-state index contributed by atoms with van der Waals surface area (Å²) in [5.41, 5.74) is 1.93. The molecule has 0 aliphatic heterocycles. The fourth-order valence-electron chi connectivity index (χ4n) is 2.24. The van der Waals surface area contributed by atoms with Gasteiger partial charge in [0.2, 0.25) is 0 Å². The first kappa shape index (κ1) is 14.7. The fraction of sp³-hybridized carbons (Fsp3) is 0.294. The molecule has 0 saturated carbocycles. The Morgan fingerprint density at radius 1 is 1.00 bits per heavy atom. The lowest BCUT2D eigenvalue weighted by molar-refractivity contribution is 0.169. The first-order chi connectivity index (χ1) is 9.70. The van der Waals surface area contributed by atoms with Crippen LogP contribution >= 0.6 is 0 Å². The predicted octanol–water partition coefficient (Wildman–Crippen LogP) is 3.60. The minimum atomic E-state index is -0.631. The molecule has 20 heavy (non-hydrogen) atoms. The minimum Gasteiger partial charge on any atom is -0.387 e. The largest absolute Gasteiger partial charge is 0.387 e. The molecule has 2 atom stereocenters. The Morgan fingerprint density at radius 3 is 2.25 bits per heavy atom. The second-order valence-electron chi connectivity index (χ2n) is 4.85. The summed E-state index contributed by atoms with van der Waals surface area (Å²) in [6, 6.07) is 16.3. The van der Waals surface area contributed by atoms with E-state index in [4.69, 9.17) is 0 Å². The summed E-state index contributed by atoms with van der Waals surface area (Å²) in [6.07, 6.45) is 0.313. The SMILES string of the molecule is CC[C@@H](NCC(O)c1ccc(F)cc1)c1ccccc1. The van der Waals surface area contributed by atoms with Crippen LogP contribution in [0.2, 0.25) is 0 Å². The van der Waals surface area contributed by atoms with Gasteiger partial charge < -0.3 is 10.4 Å². The van der Waals surface area contributed by atoms with Gasteiger partial charge in [-0.25, -0.2) is 4.39 Å². The summed E-state index contributed by atoms with van der Waals surface area (Å²) in [5, 5.41) is 13.5. The van der Waals surface area contributed by atoms with Crippen LogP contribution in [0.1, 0.15) is 36.6 Å². The van der Waals surface area contributed by atoms with E-state index in [1.807, 2.05) is 18.2 Å². The van der Waals surface area contributed by atoms with Crippen LogP contribution < -0.4 is 5.32 Å². The molecular formula is C17H20FNO. The van der Waals surface area contributed by atoms with Crippen LogP contribution in [0, 0.1) is 5.82 Å². The van der Waals surface area contributed by atoms with Crippen LogP contribution in [0.5, 0.6) is 0 Å². The third-order valence-electron chi connectivity index (χ3n) is 3.42. The molecular weight excluding hydrogens is 253 g/mol. The van der Waals surface area contributed by atoms with Crippen LogP contribution in [0.15, 0.2) is 54.6 Å². The Balaban J connectivity index is 1.94. The zero-order chi connectivity index (χ0) is 14.4. The van der Waals surface area contributed by atoms with Crippen molar-refractivity contribution in [3.8, 4) is 0 Å². The van der Waals surface area contributed by atoms with Gasteiger partial charge >= 0.3 is 0 Å². The van der Waals surface area contributed by atoms with Crippen molar-refractivity contribution < 1.29 is 9.50 Å². The minimum absolute atomic E-state index is 0.214. The van der Waals surface area contributed by atoms with Crippen molar-refractivity contribution >= 4 is 0 Å². The molecule has 2 aromatic rings. The van der Waals surface area contributed by atoms with E-state index in [1.165, 1.54) is 17.7 Å². The monoisotopic (exact) mass is 273 g/mol. The second-order valence-corrected chi connectivity index (χ2v) is 4.85. The third kappa shape index (κ3) is 3.89. The van der Waals surface area contributed by atoms with Gasteiger partial charge in [0.15, 0.2) is 0 Å². The fourth-order valence-corrected chi connectivity index (χ4v) is 2.24. The number of benzene rings is 2. The smallest absolute Gasteiger partial charge is 0.123 e.